The molecule has 0 aliphatic carbocycles. The Morgan fingerprint density at radius 2 is 1.62 bits per heavy atom. The summed E-state index contributed by atoms with van der Waals surface area (Å²) in [5.41, 5.74) is 0.361. The van der Waals surface area contributed by atoms with Crippen LogP contribution in [-0.2, 0) is 9.59 Å². The average Bonchev–Trinajstić information content (AvgIpc) is 3.06. The van der Waals surface area contributed by atoms with Crippen molar-refractivity contribution in [3.05, 3.63) is 97.2 Å². The zero-order valence-electron chi connectivity index (χ0n) is 17.3. The summed E-state index contributed by atoms with van der Waals surface area (Å²) in [7, 11) is 1.33. The Balaban J connectivity index is 2.01. The van der Waals surface area contributed by atoms with E-state index in [0.717, 1.165) is 4.90 Å². The number of rotatable bonds is 4. The fourth-order valence-corrected chi connectivity index (χ4v) is 4.65. The van der Waals surface area contributed by atoms with E-state index in [4.69, 9.17) is 51.1 Å². The van der Waals surface area contributed by atoms with Crippen LogP contribution in [0.15, 0.2) is 60.2 Å². The minimum atomic E-state index is -1.12. The number of aliphatic hydroxyl groups is 1. The van der Waals surface area contributed by atoms with Crippen molar-refractivity contribution >= 4 is 69.5 Å². The molecule has 0 radical (unpaired) electrons. The van der Waals surface area contributed by atoms with Gasteiger partial charge in [0.1, 0.15) is 17.3 Å². The molecule has 34 heavy (non-hydrogen) atoms. The smallest absolute Gasteiger partial charge is 0.300 e. The fraction of sp³-hybridized carbons (Fsp3) is 0.0833. The number of anilines is 1. The van der Waals surface area contributed by atoms with Gasteiger partial charge in [-0.3, -0.25) is 14.5 Å². The van der Waals surface area contributed by atoms with Gasteiger partial charge in [0.2, 0.25) is 0 Å². The van der Waals surface area contributed by atoms with Crippen LogP contribution >= 0.6 is 46.4 Å². The highest BCUT2D eigenvalue weighted by Crippen LogP contribution is 2.45. The summed E-state index contributed by atoms with van der Waals surface area (Å²) >= 11 is 24.5. The second kappa shape index (κ2) is 9.47. The van der Waals surface area contributed by atoms with Gasteiger partial charge in [-0.25, -0.2) is 4.39 Å². The number of benzene rings is 3. The van der Waals surface area contributed by atoms with Crippen molar-refractivity contribution in [1.29, 1.82) is 0 Å². The summed E-state index contributed by atoms with van der Waals surface area (Å²) in [5, 5.41) is 11.9. The molecule has 1 fully saturated rings. The first-order valence-electron chi connectivity index (χ1n) is 9.69. The molecule has 1 saturated heterocycles. The number of amides is 1. The van der Waals surface area contributed by atoms with E-state index in [2.05, 4.69) is 0 Å². The Labute approximate surface area is 213 Å². The standard InChI is InChI=1S/C24H14Cl4FNO4/c1-34-23-15(8-12(25)9-18(23)28)21(31)19-20(11-2-4-13(29)5-3-11)30(24(33)22(19)32)14-6-7-16(26)17(27)10-14/h2-10,20,31H,1H3/b21-19+. The molecule has 0 spiro atoms. The van der Waals surface area contributed by atoms with Crippen LogP contribution in [0.3, 0.4) is 0 Å². The number of methoxy groups -OCH3 is 1. The highest BCUT2D eigenvalue weighted by atomic mass is 35.5. The topological polar surface area (TPSA) is 66.8 Å². The largest absolute Gasteiger partial charge is 0.507 e. The number of ketones is 1. The van der Waals surface area contributed by atoms with Gasteiger partial charge in [0.25, 0.3) is 11.7 Å². The quantitative estimate of drug-likeness (QED) is 0.218. The Hall–Kier alpha value is -2.77. The maximum absolute atomic E-state index is 13.7. The van der Waals surface area contributed by atoms with E-state index in [1.54, 1.807) is 0 Å². The third kappa shape index (κ3) is 4.23. The van der Waals surface area contributed by atoms with Crippen molar-refractivity contribution < 1.29 is 23.8 Å². The first-order chi connectivity index (χ1) is 16.1. The molecule has 3 aromatic carbocycles. The highest BCUT2D eigenvalue weighted by molar-refractivity contribution is 6.52. The van der Waals surface area contributed by atoms with Crippen LogP contribution in [0.25, 0.3) is 5.76 Å². The van der Waals surface area contributed by atoms with Crippen LogP contribution in [-0.4, -0.2) is 23.9 Å². The molecule has 5 nitrogen and oxygen atoms in total. The Kier molecular flexibility index (Phi) is 6.78. The number of nitrogens with zero attached hydrogens (tertiary/aromatic N) is 1. The monoisotopic (exact) mass is 539 g/mol. The SMILES string of the molecule is COc1c(Cl)cc(Cl)cc1/C(O)=C1\C(=O)C(=O)N(c2ccc(Cl)c(Cl)c2)C1c1ccc(F)cc1. The third-order valence-corrected chi connectivity index (χ3v) is 6.52. The number of halogens is 5. The number of ether oxygens (including phenoxy) is 1. The second-order valence-corrected chi connectivity index (χ2v) is 8.95. The van der Waals surface area contributed by atoms with Gasteiger partial charge in [0.15, 0.2) is 0 Å². The molecule has 4 rings (SSSR count). The van der Waals surface area contributed by atoms with Crippen LogP contribution in [0.2, 0.25) is 20.1 Å². The van der Waals surface area contributed by atoms with Gasteiger partial charge in [-0.05, 0) is 48.0 Å². The number of hydrogen-bond acceptors (Lipinski definition) is 4. The Morgan fingerprint density at radius 1 is 0.941 bits per heavy atom. The molecule has 0 saturated carbocycles. The second-order valence-electron chi connectivity index (χ2n) is 7.29. The summed E-state index contributed by atoms with van der Waals surface area (Å²) < 4.78 is 19.0. The maximum atomic E-state index is 13.7. The minimum Gasteiger partial charge on any atom is -0.507 e. The normalized spacial score (nSPS) is 17.4. The van der Waals surface area contributed by atoms with E-state index in [9.17, 15) is 19.1 Å². The molecule has 0 aromatic heterocycles. The third-order valence-electron chi connectivity index (χ3n) is 5.28. The van der Waals surface area contributed by atoms with Crippen LogP contribution in [0, 0.1) is 5.82 Å². The van der Waals surface area contributed by atoms with Crippen molar-refractivity contribution in [1.82, 2.24) is 0 Å². The molecule has 1 heterocycles. The van der Waals surface area contributed by atoms with E-state index in [-0.39, 0.29) is 42.7 Å². The zero-order valence-corrected chi connectivity index (χ0v) is 20.3. The number of carbonyl (C=O) groups excluding carboxylic acids is 2. The number of carbonyl (C=O) groups is 2. The van der Waals surface area contributed by atoms with E-state index in [1.165, 1.54) is 61.7 Å². The lowest BCUT2D eigenvalue weighted by Gasteiger charge is -2.26. The van der Waals surface area contributed by atoms with Gasteiger partial charge in [0.05, 0.1) is 39.4 Å². The molecule has 1 aliphatic heterocycles. The zero-order chi connectivity index (χ0) is 24.7. The van der Waals surface area contributed by atoms with E-state index >= 15 is 0 Å². The van der Waals surface area contributed by atoms with Crippen molar-refractivity contribution in [3.63, 3.8) is 0 Å². The summed E-state index contributed by atoms with van der Waals surface area (Å²) in [5.74, 6) is -2.92. The van der Waals surface area contributed by atoms with Gasteiger partial charge in [-0.15, -0.1) is 0 Å². The van der Waals surface area contributed by atoms with Crippen LogP contribution in [0.4, 0.5) is 10.1 Å². The molecule has 1 N–H and O–H groups in total. The van der Waals surface area contributed by atoms with Crippen molar-refractivity contribution in [2.75, 3.05) is 12.0 Å². The van der Waals surface area contributed by atoms with Gasteiger partial charge in [-0.1, -0.05) is 58.5 Å². The van der Waals surface area contributed by atoms with Gasteiger partial charge < -0.3 is 9.84 Å². The van der Waals surface area contributed by atoms with Gasteiger partial charge in [0, 0.05) is 10.7 Å². The molecule has 1 unspecified atom stereocenters. The van der Waals surface area contributed by atoms with E-state index < -0.39 is 29.3 Å². The number of hydrogen-bond donors (Lipinski definition) is 1. The molecule has 1 atom stereocenters. The average molecular weight is 541 g/mol. The summed E-state index contributed by atoms with van der Waals surface area (Å²) in [6.07, 6.45) is 0. The predicted molar refractivity (Wildman–Crippen MR) is 131 cm³/mol. The summed E-state index contributed by atoms with van der Waals surface area (Å²) in [6.45, 7) is 0. The molecule has 1 amide bonds. The molecule has 1 aliphatic rings. The minimum absolute atomic E-state index is 0.0132. The molecule has 3 aromatic rings. The molecular weight excluding hydrogens is 527 g/mol. The lowest BCUT2D eigenvalue weighted by atomic mass is 9.94. The van der Waals surface area contributed by atoms with Crippen molar-refractivity contribution in [3.8, 4) is 5.75 Å². The number of Topliss-reactive ketones (excluding diaryl/α,β-unsaturated/α-hetero) is 1. The number of aliphatic hydroxyl groups excluding tert-OH is 1. The first kappa shape index (κ1) is 24.4. The van der Waals surface area contributed by atoms with Gasteiger partial charge in [-0.2, -0.15) is 0 Å². The van der Waals surface area contributed by atoms with E-state index in [1.807, 2.05) is 0 Å². The molecule has 0 bridgehead atoms. The van der Waals surface area contributed by atoms with Crippen molar-refractivity contribution in [2.45, 2.75) is 6.04 Å². The van der Waals surface area contributed by atoms with Gasteiger partial charge >= 0.3 is 0 Å². The van der Waals surface area contributed by atoms with Crippen LogP contribution < -0.4 is 9.64 Å². The van der Waals surface area contributed by atoms with Crippen LogP contribution in [0.5, 0.6) is 5.75 Å². The summed E-state index contributed by atoms with van der Waals surface area (Å²) in [4.78, 5) is 27.6. The fourth-order valence-electron chi connectivity index (χ4n) is 3.78. The maximum Gasteiger partial charge on any atom is 0.300 e. The molecular formula is C24H14Cl4FNO4. The summed E-state index contributed by atoms with van der Waals surface area (Å²) in [6, 6.07) is 11.2. The van der Waals surface area contributed by atoms with Crippen LogP contribution in [0.1, 0.15) is 17.2 Å². The lowest BCUT2D eigenvalue weighted by molar-refractivity contribution is -0.132. The Morgan fingerprint density at radius 3 is 2.24 bits per heavy atom. The van der Waals surface area contributed by atoms with Crippen molar-refractivity contribution in [2.24, 2.45) is 0 Å². The first-order valence-corrected chi connectivity index (χ1v) is 11.2. The predicted octanol–water partition coefficient (Wildman–Crippen LogP) is 7.07. The lowest BCUT2D eigenvalue weighted by Crippen LogP contribution is -2.29. The Bertz CT molecular complexity index is 1360. The molecule has 10 heteroatoms. The highest BCUT2D eigenvalue weighted by Gasteiger charge is 2.47. The van der Waals surface area contributed by atoms with E-state index in [0.29, 0.717) is 5.56 Å². The molecule has 174 valence electrons.